The minimum atomic E-state index is -0.620. The summed E-state index contributed by atoms with van der Waals surface area (Å²) in [7, 11) is 0. The number of fused-ring (bicyclic) bond motifs is 2. The van der Waals surface area contributed by atoms with Crippen molar-refractivity contribution in [1.82, 2.24) is 15.2 Å². The van der Waals surface area contributed by atoms with Gasteiger partial charge in [0.2, 0.25) is 0 Å². The second kappa shape index (κ2) is 9.05. The molecule has 5 rings (SSSR count). The maximum Gasteiger partial charge on any atom is 0.339 e. The van der Waals surface area contributed by atoms with Gasteiger partial charge in [0.1, 0.15) is 5.82 Å². The van der Waals surface area contributed by atoms with Gasteiger partial charge in [0, 0.05) is 18.5 Å². The molecule has 1 fully saturated rings. The van der Waals surface area contributed by atoms with Crippen LogP contribution >= 0.6 is 0 Å². The van der Waals surface area contributed by atoms with Crippen molar-refractivity contribution >= 4 is 40.5 Å². The van der Waals surface area contributed by atoms with Gasteiger partial charge in [-0.15, -0.1) is 0 Å². The topological polar surface area (TPSA) is 88.6 Å². The van der Waals surface area contributed by atoms with Crippen LogP contribution < -0.4 is 5.32 Å². The summed E-state index contributed by atoms with van der Waals surface area (Å²) >= 11 is 0. The van der Waals surface area contributed by atoms with Crippen LogP contribution in [0.4, 0.5) is 9.18 Å². The molecule has 172 valence electrons. The molecule has 2 aromatic carbocycles. The van der Waals surface area contributed by atoms with E-state index in [-0.39, 0.29) is 12.4 Å². The summed E-state index contributed by atoms with van der Waals surface area (Å²) in [6.45, 7) is 0.112. The van der Waals surface area contributed by atoms with Crippen molar-refractivity contribution in [2.45, 2.75) is 19.3 Å². The third-order valence-corrected chi connectivity index (χ3v) is 6.07. The van der Waals surface area contributed by atoms with E-state index in [2.05, 4.69) is 5.32 Å². The molecule has 0 radical (unpaired) electrons. The lowest BCUT2D eigenvalue weighted by Gasteiger charge is -2.22. The van der Waals surface area contributed by atoms with Crippen LogP contribution in [0.5, 0.6) is 0 Å². The van der Waals surface area contributed by atoms with Crippen LogP contribution in [0.15, 0.2) is 48.5 Å². The van der Waals surface area contributed by atoms with E-state index in [0.29, 0.717) is 35.1 Å². The van der Waals surface area contributed by atoms with Crippen LogP contribution in [-0.4, -0.2) is 47.5 Å². The molecule has 34 heavy (non-hydrogen) atoms. The quantitative estimate of drug-likeness (QED) is 0.597. The molecule has 1 saturated heterocycles. The van der Waals surface area contributed by atoms with E-state index >= 15 is 0 Å². The fourth-order valence-electron chi connectivity index (χ4n) is 4.46. The number of esters is 1. The molecule has 0 unspecified atom stereocenters. The Morgan fingerprint density at radius 1 is 1.12 bits per heavy atom. The van der Waals surface area contributed by atoms with Crippen molar-refractivity contribution in [3.05, 3.63) is 76.7 Å². The number of nitrogens with one attached hydrogen (secondary N) is 1. The number of carbonyl (C=O) groups excluding carboxylic acids is 3. The van der Waals surface area contributed by atoms with Crippen LogP contribution in [0, 0.1) is 5.82 Å². The van der Waals surface area contributed by atoms with Crippen LogP contribution in [0.25, 0.3) is 22.6 Å². The minimum Gasteiger partial charge on any atom is -0.452 e. The number of halogens is 1. The largest absolute Gasteiger partial charge is 0.452 e. The molecule has 0 bridgehead atoms. The SMILES string of the molecule is O=C(OCC(=O)N1CCNC1=O)c1c2c(nc3ccccc13)/C(=C/c1ccc(F)cc1)CCC2. The molecule has 0 atom stereocenters. The standard InChI is InChI=1S/C26H22FN3O4/c27-18-10-8-16(9-11-18)14-17-4-3-6-20-23(19-5-1-2-7-21(19)29-24(17)20)25(32)34-15-22(31)30-13-12-28-26(30)33/h1-2,5,7-11,14H,3-4,6,12-13,15H2,(H,28,33)/b17-14+. The molecule has 2 heterocycles. The summed E-state index contributed by atoms with van der Waals surface area (Å²) in [5.74, 6) is -1.49. The summed E-state index contributed by atoms with van der Waals surface area (Å²) < 4.78 is 18.7. The van der Waals surface area contributed by atoms with E-state index in [4.69, 9.17) is 9.72 Å². The fourth-order valence-corrected chi connectivity index (χ4v) is 4.46. The first-order chi connectivity index (χ1) is 16.5. The van der Waals surface area contributed by atoms with Crippen LogP contribution in [-0.2, 0) is 16.0 Å². The van der Waals surface area contributed by atoms with Crippen LogP contribution in [0.2, 0.25) is 0 Å². The maximum absolute atomic E-state index is 13.3. The van der Waals surface area contributed by atoms with Gasteiger partial charge in [0.15, 0.2) is 6.61 Å². The molecule has 0 spiro atoms. The number of pyridine rings is 1. The fraction of sp³-hybridized carbons (Fsp3) is 0.231. The molecular formula is C26H22FN3O4. The van der Waals surface area contributed by atoms with E-state index in [1.807, 2.05) is 30.3 Å². The summed E-state index contributed by atoms with van der Waals surface area (Å²) in [5, 5.41) is 3.21. The second-order valence-corrected chi connectivity index (χ2v) is 8.26. The number of ether oxygens (including phenoxy) is 1. The smallest absolute Gasteiger partial charge is 0.339 e. The Balaban J connectivity index is 1.51. The molecule has 1 aromatic heterocycles. The highest BCUT2D eigenvalue weighted by Gasteiger charge is 2.29. The molecule has 8 heteroatoms. The summed E-state index contributed by atoms with van der Waals surface area (Å²) in [4.78, 5) is 43.2. The molecule has 1 aliphatic carbocycles. The van der Waals surface area contributed by atoms with Crippen LogP contribution in [0.3, 0.4) is 0 Å². The molecule has 7 nitrogen and oxygen atoms in total. The van der Waals surface area contributed by atoms with Crippen molar-refractivity contribution in [2.75, 3.05) is 19.7 Å². The van der Waals surface area contributed by atoms with Gasteiger partial charge in [-0.3, -0.25) is 9.69 Å². The molecule has 3 aromatic rings. The number of amides is 3. The Morgan fingerprint density at radius 3 is 2.68 bits per heavy atom. The molecular weight excluding hydrogens is 437 g/mol. The lowest BCUT2D eigenvalue weighted by atomic mass is 9.86. The molecule has 2 aliphatic rings. The summed E-state index contributed by atoms with van der Waals surface area (Å²) in [6.07, 6.45) is 4.19. The zero-order valence-electron chi connectivity index (χ0n) is 18.3. The lowest BCUT2D eigenvalue weighted by Crippen LogP contribution is -2.37. The monoisotopic (exact) mass is 459 g/mol. The van der Waals surface area contributed by atoms with Gasteiger partial charge in [0.05, 0.1) is 16.8 Å². The highest BCUT2D eigenvalue weighted by molar-refractivity contribution is 6.07. The third-order valence-electron chi connectivity index (χ3n) is 6.07. The zero-order valence-corrected chi connectivity index (χ0v) is 18.3. The van der Waals surface area contributed by atoms with Gasteiger partial charge in [0.25, 0.3) is 5.91 Å². The van der Waals surface area contributed by atoms with E-state index in [0.717, 1.165) is 34.4 Å². The van der Waals surface area contributed by atoms with E-state index in [9.17, 15) is 18.8 Å². The summed E-state index contributed by atoms with van der Waals surface area (Å²) in [5.41, 5.74) is 4.32. The average molecular weight is 459 g/mol. The van der Waals surface area contributed by atoms with Gasteiger partial charge in [-0.05, 0) is 60.2 Å². The second-order valence-electron chi connectivity index (χ2n) is 8.26. The number of aromatic nitrogens is 1. The number of benzene rings is 2. The number of hydrogen-bond donors (Lipinski definition) is 1. The highest BCUT2D eigenvalue weighted by Crippen LogP contribution is 2.36. The lowest BCUT2D eigenvalue weighted by molar-refractivity contribution is -0.130. The predicted octanol–water partition coefficient (Wildman–Crippen LogP) is 3.96. The van der Waals surface area contributed by atoms with Gasteiger partial charge in [-0.25, -0.2) is 19.0 Å². The molecule has 3 amide bonds. The highest BCUT2D eigenvalue weighted by atomic mass is 19.1. The Morgan fingerprint density at radius 2 is 1.91 bits per heavy atom. The van der Waals surface area contributed by atoms with Crippen molar-refractivity contribution < 1.29 is 23.5 Å². The first-order valence-electron chi connectivity index (χ1n) is 11.1. The van der Waals surface area contributed by atoms with Crippen LogP contribution in [0.1, 0.15) is 40.0 Å². The van der Waals surface area contributed by atoms with Gasteiger partial charge in [-0.2, -0.15) is 0 Å². The van der Waals surface area contributed by atoms with Crippen molar-refractivity contribution in [2.24, 2.45) is 0 Å². The molecule has 0 saturated carbocycles. The Bertz CT molecular complexity index is 1330. The minimum absolute atomic E-state index is 0.250. The van der Waals surface area contributed by atoms with E-state index in [1.54, 1.807) is 12.1 Å². The number of nitrogens with zero attached hydrogens (tertiary/aromatic N) is 2. The Hall–Kier alpha value is -4.07. The third kappa shape index (κ3) is 4.14. The number of rotatable bonds is 4. The number of carbonyl (C=O) groups is 3. The normalized spacial score (nSPS) is 16.4. The van der Waals surface area contributed by atoms with Crippen molar-refractivity contribution in [3.8, 4) is 0 Å². The average Bonchev–Trinajstić information content (AvgIpc) is 3.28. The molecule has 1 N–H and O–H groups in total. The Kier molecular flexibility index (Phi) is 5.79. The first-order valence-corrected chi connectivity index (χ1v) is 11.1. The first kappa shape index (κ1) is 21.8. The van der Waals surface area contributed by atoms with Gasteiger partial charge in [-0.1, -0.05) is 30.3 Å². The number of imide groups is 1. The summed E-state index contributed by atoms with van der Waals surface area (Å²) in [6, 6.07) is 13.0. The van der Waals surface area contributed by atoms with E-state index < -0.39 is 24.5 Å². The number of allylic oxidation sites excluding steroid dienone is 1. The van der Waals surface area contributed by atoms with Crippen molar-refractivity contribution in [3.63, 3.8) is 0 Å². The maximum atomic E-state index is 13.3. The predicted molar refractivity (Wildman–Crippen MR) is 124 cm³/mol. The zero-order chi connectivity index (χ0) is 23.7. The van der Waals surface area contributed by atoms with Crippen molar-refractivity contribution in [1.29, 1.82) is 0 Å². The number of hydrogen-bond acceptors (Lipinski definition) is 5. The van der Waals surface area contributed by atoms with Gasteiger partial charge < -0.3 is 10.1 Å². The van der Waals surface area contributed by atoms with E-state index in [1.165, 1.54) is 12.1 Å². The molecule has 1 aliphatic heterocycles. The van der Waals surface area contributed by atoms with Gasteiger partial charge >= 0.3 is 12.0 Å². The number of para-hydroxylation sites is 1. The Labute approximate surface area is 195 Å². The number of urea groups is 1.